The van der Waals surface area contributed by atoms with E-state index in [1.807, 2.05) is 6.07 Å². The Bertz CT molecular complexity index is 433. The number of nitrogens with one attached hydrogen (secondary N) is 1. The Labute approximate surface area is 116 Å². The maximum Gasteiger partial charge on any atom is 0.230 e. The molecule has 2 fully saturated rings. The van der Waals surface area contributed by atoms with Crippen LogP contribution in [-0.4, -0.2) is 43.1 Å². The highest BCUT2D eigenvalue weighted by atomic mass is 32.2. The Hall–Kier alpha value is -0.640. The van der Waals surface area contributed by atoms with Crippen LogP contribution in [-0.2, 0) is 10.0 Å². The fourth-order valence-corrected chi connectivity index (χ4v) is 4.55. The van der Waals surface area contributed by atoms with Gasteiger partial charge in [-0.15, -0.1) is 0 Å². The van der Waals surface area contributed by atoms with Crippen molar-refractivity contribution in [1.82, 2.24) is 9.62 Å². The van der Waals surface area contributed by atoms with Gasteiger partial charge in [-0.05, 0) is 38.6 Å². The molecule has 2 unspecified atom stereocenters. The van der Waals surface area contributed by atoms with Gasteiger partial charge in [0.2, 0.25) is 10.0 Å². The zero-order valence-corrected chi connectivity index (χ0v) is 12.3. The van der Waals surface area contributed by atoms with Crippen molar-refractivity contribution in [2.75, 3.05) is 13.1 Å². The third-order valence-corrected chi connectivity index (χ3v) is 6.23. The van der Waals surface area contributed by atoms with Crippen LogP contribution in [0, 0.1) is 11.3 Å². The van der Waals surface area contributed by atoms with Crippen molar-refractivity contribution in [3.05, 3.63) is 0 Å². The predicted octanol–water partition coefficient (Wildman–Crippen LogP) is 1.22. The second-order valence-corrected chi connectivity index (χ2v) is 7.59. The van der Waals surface area contributed by atoms with Crippen LogP contribution in [0.15, 0.2) is 0 Å². The van der Waals surface area contributed by atoms with Crippen molar-refractivity contribution in [3.8, 4) is 6.07 Å². The molecule has 1 saturated carbocycles. The molecule has 6 heteroatoms. The first kappa shape index (κ1) is 14.8. The summed E-state index contributed by atoms with van der Waals surface area (Å²) in [4.78, 5) is 0. The minimum Gasteiger partial charge on any atom is -0.313 e. The summed E-state index contributed by atoms with van der Waals surface area (Å²) in [7, 11) is -3.47. The van der Waals surface area contributed by atoms with Gasteiger partial charge in [0.05, 0.1) is 6.07 Å². The van der Waals surface area contributed by atoms with Crippen LogP contribution in [0.5, 0.6) is 0 Å². The fraction of sp³-hybridized carbons (Fsp3) is 0.923. The Kier molecular flexibility index (Phi) is 4.82. The van der Waals surface area contributed by atoms with Gasteiger partial charge in [-0.25, -0.2) is 8.42 Å². The maximum atomic E-state index is 12.5. The standard InChI is InChI=1S/C13H23N3O2S/c1-2-13(9-14)19(17,18)16(12-6-7-12)10-11-5-3-4-8-15-11/h11-13,15H,2-8,10H2,1H3. The van der Waals surface area contributed by atoms with Crippen LogP contribution >= 0.6 is 0 Å². The second-order valence-electron chi connectivity index (χ2n) is 5.52. The molecule has 0 radical (unpaired) electrons. The molecule has 0 spiro atoms. The summed E-state index contributed by atoms with van der Waals surface area (Å²) in [5.74, 6) is 0. The lowest BCUT2D eigenvalue weighted by Crippen LogP contribution is -2.48. The zero-order valence-electron chi connectivity index (χ0n) is 11.5. The normalized spacial score (nSPS) is 26.1. The molecule has 1 heterocycles. The largest absolute Gasteiger partial charge is 0.313 e. The number of nitrogens with zero attached hydrogens (tertiary/aromatic N) is 2. The smallest absolute Gasteiger partial charge is 0.230 e. The minimum atomic E-state index is -3.47. The van der Waals surface area contributed by atoms with Crippen LogP contribution in [0.1, 0.15) is 45.4 Å². The molecule has 1 aliphatic heterocycles. The van der Waals surface area contributed by atoms with Crippen LogP contribution in [0.4, 0.5) is 0 Å². The molecule has 0 bridgehead atoms. The summed E-state index contributed by atoms with van der Waals surface area (Å²) in [5.41, 5.74) is 0. The van der Waals surface area contributed by atoms with Crippen molar-refractivity contribution in [2.45, 2.75) is 62.8 Å². The third kappa shape index (κ3) is 3.47. The van der Waals surface area contributed by atoms with E-state index < -0.39 is 15.3 Å². The second kappa shape index (κ2) is 6.21. The van der Waals surface area contributed by atoms with E-state index in [0.29, 0.717) is 13.0 Å². The van der Waals surface area contributed by atoms with E-state index in [9.17, 15) is 8.42 Å². The molecule has 5 nitrogen and oxygen atoms in total. The lowest BCUT2D eigenvalue weighted by Gasteiger charge is -2.31. The van der Waals surface area contributed by atoms with E-state index in [1.54, 1.807) is 11.2 Å². The van der Waals surface area contributed by atoms with Gasteiger partial charge in [0.1, 0.15) is 0 Å². The number of rotatable bonds is 6. The van der Waals surface area contributed by atoms with Gasteiger partial charge in [0.15, 0.2) is 5.25 Å². The first-order valence-electron chi connectivity index (χ1n) is 7.23. The highest BCUT2D eigenvalue weighted by Gasteiger charge is 2.41. The Balaban J connectivity index is 2.09. The molecular weight excluding hydrogens is 262 g/mol. The molecule has 19 heavy (non-hydrogen) atoms. The molecule has 1 aliphatic carbocycles. The van der Waals surface area contributed by atoms with Crippen molar-refractivity contribution < 1.29 is 8.42 Å². The summed E-state index contributed by atoms with van der Waals surface area (Å²) in [5, 5.41) is 11.5. The summed E-state index contributed by atoms with van der Waals surface area (Å²) < 4.78 is 26.7. The van der Waals surface area contributed by atoms with Gasteiger partial charge in [-0.1, -0.05) is 13.3 Å². The van der Waals surface area contributed by atoms with Crippen LogP contribution < -0.4 is 5.32 Å². The van der Waals surface area contributed by atoms with Gasteiger partial charge in [0, 0.05) is 18.6 Å². The number of nitriles is 1. The van der Waals surface area contributed by atoms with E-state index >= 15 is 0 Å². The van der Waals surface area contributed by atoms with E-state index in [0.717, 1.165) is 32.2 Å². The number of sulfonamides is 1. The Morgan fingerprint density at radius 1 is 1.37 bits per heavy atom. The monoisotopic (exact) mass is 285 g/mol. The SMILES string of the molecule is CCC(C#N)S(=O)(=O)N(CC1CCCCN1)C1CC1. The van der Waals surface area contributed by atoms with Gasteiger partial charge in [-0.3, -0.25) is 0 Å². The summed E-state index contributed by atoms with van der Waals surface area (Å²) in [6.07, 6.45) is 5.60. The highest BCUT2D eigenvalue weighted by molar-refractivity contribution is 7.90. The lowest BCUT2D eigenvalue weighted by atomic mass is 10.1. The quantitative estimate of drug-likeness (QED) is 0.796. The maximum absolute atomic E-state index is 12.5. The molecule has 108 valence electrons. The summed E-state index contributed by atoms with van der Waals surface area (Å²) >= 11 is 0. The third-order valence-electron chi connectivity index (χ3n) is 3.97. The van der Waals surface area contributed by atoms with Gasteiger partial charge >= 0.3 is 0 Å². The topological polar surface area (TPSA) is 73.2 Å². The Morgan fingerprint density at radius 2 is 2.11 bits per heavy atom. The molecular formula is C13H23N3O2S. The average molecular weight is 285 g/mol. The van der Waals surface area contributed by atoms with Crippen LogP contribution in [0.2, 0.25) is 0 Å². The molecule has 2 rings (SSSR count). The molecule has 1 saturated heterocycles. The molecule has 0 aromatic rings. The van der Waals surface area contributed by atoms with Crippen molar-refractivity contribution >= 4 is 10.0 Å². The molecule has 0 aromatic carbocycles. The number of hydrogen-bond acceptors (Lipinski definition) is 4. The van der Waals surface area contributed by atoms with Crippen LogP contribution in [0.25, 0.3) is 0 Å². The predicted molar refractivity (Wildman–Crippen MR) is 74.0 cm³/mol. The fourth-order valence-electron chi connectivity index (χ4n) is 2.65. The molecule has 2 aliphatic rings. The van der Waals surface area contributed by atoms with Crippen LogP contribution in [0.3, 0.4) is 0 Å². The van der Waals surface area contributed by atoms with E-state index in [2.05, 4.69) is 5.32 Å². The van der Waals surface area contributed by atoms with E-state index in [1.165, 1.54) is 6.42 Å². The molecule has 0 amide bonds. The van der Waals surface area contributed by atoms with Gasteiger partial charge in [0.25, 0.3) is 0 Å². The summed E-state index contributed by atoms with van der Waals surface area (Å²) in [6, 6.07) is 2.33. The van der Waals surface area contributed by atoms with Crippen molar-refractivity contribution in [2.24, 2.45) is 0 Å². The zero-order chi connectivity index (χ0) is 13.9. The van der Waals surface area contributed by atoms with Gasteiger partial charge < -0.3 is 5.32 Å². The first-order valence-corrected chi connectivity index (χ1v) is 8.73. The first-order chi connectivity index (χ1) is 9.09. The lowest BCUT2D eigenvalue weighted by molar-refractivity contribution is 0.306. The Morgan fingerprint density at radius 3 is 2.58 bits per heavy atom. The summed E-state index contributed by atoms with van der Waals surface area (Å²) in [6.45, 7) is 3.26. The van der Waals surface area contributed by atoms with Gasteiger partial charge in [-0.2, -0.15) is 9.57 Å². The number of piperidine rings is 1. The van der Waals surface area contributed by atoms with E-state index in [-0.39, 0.29) is 12.1 Å². The average Bonchev–Trinajstić information content (AvgIpc) is 3.22. The minimum absolute atomic E-state index is 0.135. The van der Waals surface area contributed by atoms with E-state index in [4.69, 9.17) is 5.26 Å². The van der Waals surface area contributed by atoms with Crippen molar-refractivity contribution in [3.63, 3.8) is 0 Å². The molecule has 2 atom stereocenters. The number of hydrogen-bond donors (Lipinski definition) is 1. The highest BCUT2D eigenvalue weighted by Crippen LogP contribution is 2.32. The van der Waals surface area contributed by atoms with Crippen molar-refractivity contribution in [1.29, 1.82) is 5.26 Å². The molecule has 1 N–H and O–H groups in total. The molecule has 0 aromatic heterocycles.